The standard InChI is InChI=1S/C14H18F3NO3S/c15-14(16,17)10-11-3-5-13(6-4-11)22(19,20)18-12-2-1-8-21-9-7-12/h3-6,12,18H,1-2,7-10H2. The Morgan fingerprint density at radius 3 is 2.45 bits per heavy atom. The van der Waals surface area contributed by atoms with Gasteiger partial charge in [-0.25, -0.2) is 13.1 Å². The maximum absolute atomic E-state index is 12.3. The van der Waals surface area contributed by atoms with E-state index in [1.807, 2.05) is 0 Å². The second kappa shape index (κ2) is 6.97. The third-order valence-electron chi connectivity index (χ3n) is 3.41. The van der Waals surface area contributed by atoms with E-state index < -0.39 is 22.6 Å². The van der Waals surface area contributed by atoms with Gasteiger partial charge in [0, 0.05) is 19.3 Å². The van der Waals surface area contributed by atoms with Crippen LogP contribution in [0.5, 0.6) is 0 Å². The number of rotatable bonds is 4. The molecule has 0 saturated carbocycles. The van der Waals surface area contributed by atoms with Crippen molar-refractivity contribution in [1.29, 1.82) is 0 Å². The van der Waals surface area contributed by atoms with Crippen molar-refractivity contribution in [3.63, 3.8) is 0 Å². The van der Waals surface area contributed by atoms with Crippen molar-refractivity contribution in [2.75, 3.05) is 13.2 Å². The number of halogens is 3. The van der Waals surface area contributed by atoms with Crippen molar-refractivity contribution >= 4 is 10.0 Å². The van der Waals surface area contributed by atoms with Crippen LogP contribution in [0.3, 0.4) is 0 Å². The van der Waals surface area contributed by atoms with E-state index in [4.69, 9.17) is 4.74 Å². The third-order valence-corrected chi connectivity index (χ3v) is 4.95. The number of ether oxygens (including phenoxy) is 1. The molecule has 1 N–H and O–H groups in total. The van der Waals surface area contributed by atoms with Crippen LogP contribution in [0.1, 0.15) is 24.8 Å². The molecule has 4 nitrogen and oxygen atoms in total. The highest BCUT2D eigenvalue weighted by Crippen LogP contribution is 2.22. The number of nitrogens with one attached hydrogen (secondary N) is 1. The first-order chi connectivity index (χ1) is 10.3. The van der Waals surface area contributed by atoms with Crippen LogP contribution in [0.2, 0.25) is 0 Å². The molecule has 1 unspecified atom stereocenters. The minimum absolute atomic E-state index is 0.0245. The Bertz CT molecular complexity index is 576. The molecule has 0 aliphatic carbocycles. The molecule has 0 radical (unpaired) electrons. The third kappa shape index (κ3) is 5.26. The van der Waals surface area contributed by atoms with Crippen LogP contribution in [0.15, 0.2) is 29.2 Å². The number of hydrogen-bond acceptors (Lipinski definition) is 3. The molecule has 1 atom stereocenters. The minimum Gasteiger partial charge on any atom is -0.381 e. The molecule has 1 fully saturated rings. The normalized spacial score (nSPS) is 20.6. The van der Waals surface area contributed by atoms with E-state index >= 15 is 0 Å². The molecule has 1 aromatic rings. The molecule has 1 saturated heterocycles. The van der Waals surface area contributed by atoms with Crippen molar-refractivity contribution in [1.82, 2.24) is 4.72 Å². The van der Waals surface area contributed by atoms with Gasteiger partial charge >= 0.3 is 6.18 Å². The van der Waals surface area contributed by atoms with E-state index in [-0.39, 0.29) is 16.5 Å². The summed E-state index contributed by atoms with van der Waals surface area (Å²) in [4.78, 5) is -0.0245. The quantitative estimate of drug-likeness (QED) is 0.919. The van der Waals surface area contributed by atoms with Crippen molar-refractivity contribution in [2.24, 2.45) is 0 Å². The zero-order chi connectivity index (χ0) is 16.2. The van der Waals surface area contributed by atoms with Gasteiger partial charge in [-0.1, -0.05) is 12.1 Å². The molecule has 8 heteroatoms. The van der Waals surface area contributed by atoms with Crippen molar-refractivity contribution in [3.8, 4) is 0 Å². The topological polar surface area (TPSA) is 55.4 Å². The molecule has 0 spiro atoms. The molecule has 0 bridgehead atoms. The first kappa shape index (κ1) is 17.2. The zero-order valence-corrected chi connectivity index (χ0v) is 12.7. The van der Waals surface area contributed by atoms with E-state index in [2.05, 4.69) is 4.72 Å². The number of alkyl halides is 3. The van der Waals surface area contributed by atoms with Gasteiger partial charge in [0.15, 0.2) is 0 Å². The van der Waals surface area contributed by atoms with Crippen LogP contribution in [0.25, 0.3) is 0 Å². The molecule has 22 heavy (non-hydrogen) atoms. The maximum atomic E-state index is 12.3. The summed E-state index contributed by atoms with van der Waals surface area (Å²) in [6.07, 6.45) is -3.33. The van der Waals surface area contributed by atoms with E-state index in [0.717, 1.165) is 6.42 Å². The van der Waals surface area contributed by atoms with Gasteiger partial charge in [0.2, 0.25) is 10.0 Å². The summed E-state index contributed by atoms with van der Waals surface area (Å²) in [5.74, 6) is 0. The van der Waals surface area contributed by atoms with E-state index in [1.165, 1.54) is 24.3 Å². The smallest absolute Gasteiger partial charge is 0.381 e. The average molecular weight is 337 g/mol. The van der Waals surface area contributed by atoms with Crippen molar-refractivity contribution < 1.29 is 26.3 Å². The van der Waals surface area contributed by atoms with Crippen LogP contribution < -0.4 is 4.72 Å². The lowest BCUT2D eigenvalue weighted by atomic mass is 10.1. The van der Waals surface area contributed by atoms with Gasteiger partial charge in [-0.2, -0.15) is 13.2 Å². The summed E-state index contributed by atoms with van der Waals surface area (Å²) in [6, 6.07) is 4.59. The molecule has 2 rings (SSSR count). The highest BCUT2D eigenvalue weighted by Gasteiger charge is 2.28. The first-order valence-electron chi connectivity index (χ1n) is 7.02. The maximum Gasteiger partial charge on any atom is 0.393 e. The Labute approximate surface area is 127 Å². The molecule has 1 heterocycles. The minimum atomic E-state index is -4.31. The highest BCUT2D eigenvalue weighted by atomic mass is 32.2. The van der Waals surface area contributed by atoms with E-state index in [1.54, 1.807) is 0 Å². The van der Waals surface area contributed by atoms with Crippen molar-refractivity contribution in [3.05, 3.63) is 29.8 Å². The predicted molar refractivity (Wildman–Crippen MR) is 75.0 cm³/mol. The summed E-state index contributed by atoms with van der Waals surface area (Å²) in [7, 11) is -3.72. The SMILES string of the molecule is O=S(=O)(NC1CCCOCC1)c1ccc(CC(F)(F)F)cc1. The number of benzene rings is 1. The van der Waals surface area contributed by atoms with Gasteiger partial charge in [-0.15, -0.1) is 0 Å². The molecule has 1 aromatic carbocycles. The summed E-state index contributed by atoms with van der Waals surface area (Å²) < 4.78 is 69.2. The van der Waals surface area contributed by atoms with E-state index in [9.17, 15) is 21.6 Å². The molecule has 0 amide bonds. The molecular formula is C14H18F3NO3S. The summed E-state index contributed by atoms with van der Waals surface area (Å²) in [5.41, 5.74) is 0.0364. The lowest BCUT2D eigenvalue weighted by Gasteiger charge is -2.16. The van der Waals surface area contributed by atoms with Gasteiger partial charge in [0.05, 0.1) is 11.3 Å². The van der Waals surface area contributed by atoms with Gasteiger partial charge in [-0.05, 0) is 37.0 Å². The summed E-state index contributed by atoms with van der Waals surface area (Å²) in [5, 5.41) is 0. The second-order valence-corrected chi connectivity index (χ2v) is 7.01. The predicted octanol–water partition coefficient (Wildman–Crippen LogP) is 2.64. The van der Waals surface area contributed by atoms with Crippen LogP contribution in [-0.4, -0.2) is 33.8 Å². The lowest BCUT2D eigenvalue weighted by molar-refractivity contribution is -0.127. The number of hydrogen-bond donors (Lipinski definition) is 1. The Morgan fingerprint density at radius 1 is 1.14 bits per heavy atom. The highest BCUT2D eigenvalue weighted by molar-refractivity contribution is 7.89. The lowest BCUT2D eigenvalue weighted by Crippen LogP contribution is -2.35. The fraction of sp³-hybridized carbons (Fsp3) is 0.571. The van der Waals surface area contributed by atoms with Crippen LogP contribution in [0, 0.1) is 0 Å². The van der Waals surface area contributed by atoms with Gasteiger partial charge < -0.3 is 4.74 Å². The Balaban J connectivity index is 2.05. The van der Waals surface area contributed by atoms with Gasteiger partial charge in [0.25, 0.3) is 0 Å². The van der Waals surface area contributed by atoms with Gasteiger partial charge in [0.1, 0.15) is 0 Å². The zero-order valence-electron chi connectivity index (χ0n) is 11.9. The first-order valence-corrected chi connectivity index (χ1v) is 8.50. The molecule has 0 aromatic heterocycles. The Hall–Kier alpha value is -1.12. The largest absolute Gasteiger partial charge is 0.393 e. The summed E-state index contributed by atoms with van der Waals surface area (Å²) >= 11 is 0. The fourth-order valence-corrected chi connectivity index (χ4v) is 3.63. The second-order valence-electron chi connectivity index (χ2n) is 5.30. The van der Waals surface area contributed by atoms with Crippen LogP contribution in [-0.2, 0) is 21.2 Å². The van der Waals surface area contributed by atoms with Crippen LogP contribution >= 0.6 is 0 Å². The fourth-order valence-electron chi connectivity index (χ4n) is 2.33. The Kier molecular flexibility index (Phi) is 5.46. The molecule has 1 aliphatic rings. The van der Waals surface area contributed by atoms with E-state index in [0.29, 0.717) is 26.1 Å². The number of sulfonamides is 1. The average Bonchev–Trinajstić information content (AvgIpc) is 2.65. The van der Waals surface area contributed by atoms with Gasteiger partial charge in [-0.3, -0.25) is 0 Å². The molecule has 1 aliphatic heterocycles. The van der Waals surface area contributed by atoms with Crippen molar-refractivity contribution in [2.45, 2.75) is 42.8 Å². The van der Waals surface area contributed by atoms with Crippen LogP contribution in [0.4, 0.5) is 13.2 Å². The monoisotopic (exact) mass is 337 g/mol. The molecule has 124 valence electrons. The summed E-state index contributed by atoms with van der Waals surface area (Å²) in [6.45, 7) is 1.11. The molecular weight excluding hydrogens is 319 g/mol. The Morgan fingerprint density at radius 2 is 1.82 bits per heavy atom.